The highest BCUT2D eigenvalue weighted by atomic mass is 35.5. The summed E-state index contributed by atoms with van der Waals surface area (Å²) in [5.74, 6) is 0.0226. The number of amides is 2. The molecule has 0 unspecified atom stereocenters. The van der Waals surface area contributed by atoms with E-state index in [0.717, 1.165) is 0 Å². The van der Waals surface area contributed by atoms with E-state index < -0.39 is 5.91 Å². The van der Waals surface area contributed by atoms with Gasteiger partial charge in [0.1, 0.15) is 18.1 Å². The number of halogens is 3. The van der Waals surface area contributed by atoms with Crippen molar-refractivity contribution in [1.82, 2.24) is 5.32 Å². The zero-order valence-electron chi connectivity index (χ0n) is 14.9. The van der Waals surface area contributed by atoms with Crippen LogP contribution in [0, 0.1) is 0 Å². The number of carbonyl (C=O) groups excluding carboxylic acids is 2. The topological polar surface area (TPSA) is 80.6 Å². The van der Waals surface area contributed by atoms with Gasteiger partial charge in [0.2, 0.25) is 5.91 Å². The lowest BCUT2D eigenvalue weighted by molar-refractivity contribution is -0.115. The van der Waals surface area contributed by atoms with Crippen LogP contribution in [0.3, 0.4) is 0 Å². The summed E-state index contributed by atoms with van der Waals surface area (Å²) >= 11 is 17.7. The first kappa shape index (κ1) is 21.0. The Labute approximate surface area is 181 Å². The molecule has 0 fully saturated rings. The maximum Gasteiger partial charge on any atom is 0.287 e. The van der Waals surface area contributed by atoms with Crippen molar-refractivity contribution >= 4 is 52.3 Å². The lowest BCUT2D eigenvalue weighted by atomic mass is 10.3. The van der Waals surface area contributed by atoms with E-state index in [0.29, 0.717) is 32.3 Å². The standard InChI is InChI=1S/C20H15Cl3N2O4/c21-12-1-4-14(5-2-12)25-19(26)10-24-20(27)18-8-6-15(29-18)11-28-17-7-3-13(22)9-16(17)23/h1-9H,10-11H2,(H,24,27)(H,25,26). The second-order valence-corrected chi connectivity index (χ2v) is 7.15. The Bertz CT molecular complexity index is 1020. The van der Waals surface area contributed by atoms with Crippen molar-refractivity contribution in [3.05, 3.63) is 81.2 Å². The summed E-state index contributed by atoms with van der Waals surface area (Å²) in [7, 11) is 0. The Morgan fingerprint density at radius 1 is 0.931 bits per heavy atom. The SMILES string of the molecule is O=C(CNC(=O)c1ccc(COc2ccc(Cl)cc2Cl)o1)Nc1ccc(Cl)cc1. The second-order valence-electron chi connectivity index (χ2n) is 5.87. The van der Waals surface area contributed by atoms with Gasteiger partial charge in [0.15, 0.2) is 5.76 Å². The van der Waals surface area contributed by atoms with Crippen molar-refractivity contribution in [2.75, 3.05) is 11.9 Å². The first-order valence-corrected chi connectivity index (χ1v) is 9.54. The Kier molecular flexibility index (Phi) is 7.04. The van der Waals surface area contributed by atoms with Gasteiger partial charge in [-0.25, -0.2) is 0 Å². The van der Waals surface area contributed by atoms with Gasteiger partial charge in [0.25, 0.3) is 5.91 Å². The monoisotopic (exact) mass is 452 g/mol. The zero-order valence-corrected chi connectivity index (χ0v) is 17.1. The summed E-state index contributed by atoms with van der Waals surface area (Å²) in [6.45, 7) is -0.139. The molecular formula is C20H15Cl3N2O4. The van der Waals surface area contributed by atoms with E-state index in [2.05, 4.69) is 10.6 Å². The summed E-state index contributed by atoms with van der Waals surface area (Å²) in [5.41, 5.74) is 0.576. The number of benzene rings is 2. The fourth-order valence-corrected chi connectivity index (χ4v) is 2.89. The lowest BCUT2D eigenvalue weighted by Gasteiger charge is -2.07. The van der Waals surface area contributed by atoms with Gasteiger partial charge in [0.05, 0.1) is 11.6 Å². The number of hydrogen-bond acceptors (Lipinski definition) is 4. The van der Waals surface area contributed by atoms with Gasteiger partial charge >= 0.3 is 0 Å². The minimum absolute atomic E-state index is 0.0603. The molecule has 150 valence electrons. The molecule has 3 rings (SSSR count). The van der Waals surface area contributed by atoms with Crippen molar-refractivity contribution in [2.45, 2.75) is 6.61 Å². The molecule has 0 aliphatic rings. The van der Waals surface area contributed by atoms with Gasteiger partial charge in [-0.3, -0.25) is 9.59 Å². The molecule has 0 spiro atoms. The van der Waals surface area contributed by atoms with Gasteiger partial charge in [-0.1, -0.05) is 34.8 Å². The zero-order chi connectivity index (χ0) is 20.8. The third-order valence-electron chi connectivity index (χ3n) is 3.69. The largest absolute Gasteiger partial charge is 0.484 e. The molecule has 6 nitrogen and oxygen atoms in total. The molecular weight excluding hydrogens is 439 g/mol. The molecule has 0 radical (unpaired) electrons. The fourth-order valence-electron chi connectivity index (χ4n) is 2.30. The lowest BCUT2D eigenvalue weighted by Crippen LogP contribution is -2.32. The third-order valence-corrected chi connectivity index (χ3v) is 4.47. The van der Waals surface area contributed by atoms with E-state index in [1.165, 1.54) is 6.07 Å². The normalized spacial score (nSPS) is 10.4. The van der Waals surface area contributed by atoms with Crippen LogP contribution in [0.15, 0.2) is 59.0 Å². The number of carbonyl (C=O) groups is 2. The van der Waals surface area contributed by atoms with Crippen LogP contribution in [0.2, 0.25) is 15.1 Å². The molecule has 0 saturated carbocycles. The van der Waals surface area contributed by atoms with Gasteiger partial charge in [-0.05, 0) is 54.6 Å². The molecule has 1 heterocycles. The average molecular weight is 454 g/mol. The molecule has 3 aromatic rings. The van der Waals surface area contributed by atoms with Crippen LogP contribution in [-0.2, 0) is 11.4 Å². The molecule has 0 atom stereocenters. The molecule has 0 bridgehead atoms. The van der Waals surface area contributed by atoms with E-state index in [1.807, 2.05) is 0 Å². The highest BCUT2D eigenvalue weighted by Gasteiger charge is 2.13. The number of rotatable bonds is 7. The highest BCUT2D eigenvalue weighted by molar-refractivity contribution is 6.35. The smallest absolute Gasteiger partial charge is 0.287 e. The van der Waals surface area contributed by atoms with E-state index in [9.17, 15) is 9.59 Å². The van der Waals surface area contributed by atoms with Crippen LogP contribution in [0.4, 0.5) is 5.69 Å². The first-order chi connectivity index (χ1) is 13.9. The van der Waals surface area contributed by atoms with E-state index in [4.69, 9.17) is 44.0 Å². The van der Waals surface area contributed by atoms with Crippen molar-refractivity contribution < 1.29 is 18.7 Å². The predicted octanol–water partition coefficient (Wildman–Crippen LogP) is 5.19. The Morgan fingerprint density at radius 2 is 1.66 bits per heavy atom. The third kappa shape index (κ3) is 6.15. The van der Waals surface area contributed by atoms with Crippen LogP contribution in [0.5, 0.6) is 5.75 Å². The summed E-state index contributed by atoms with van der Waals surface area (Å²) in [4.78, 5) is 24.1. The van der Waals surface area contributed by atoms with Crippen molar-refractivity contribution in [3.8, 4) is 5.75 Å². The molecule has 9 heteroatoms. The number of furan rings is 1. The van der Waals surface area contributed by atoms with Crippen LogP contribution < -0.4 is 15.4 Å². The van der Waals surface area contributed by atoms with Crippen molar-refractivity contribution in [1.29, 1.82) is 0 Å². The van der Waals surface area contributed by atoms with Crippen LogP contribution in [-0.4, -0.2) is 18.4 Å². The van der Waals surface area contributed by atoms with Gasteiger partial charge in [-0.15, -0.1) is 0 Å². The molecule has 2 aromatic carbocycles. The number of nitrogens with one attached hydrogen (secondary N) is 2. The maximum absolute atomic E-state index is 12.1. The maximum atomic E-state index is 12.1. The first-order valence-electron chi connectivity index (χ1n) is 8.41. The van der Waals surface area contributed by atoms with Crippen LogP contribution >= 0.6 is 34.8 Å². The second kappa shape index (κ2) is 9.69. The number of hydrogen-bond donors (Lipinski definition) is 2. The summed E-state index contributed by atoms with van der Waals surface area (Å²) < 4.78 is 11.0. The van der Waals surface area contributed by atoms with Gasteiger partial charge < -0.3 is 19.8 Å². The average Bonchev–Trinajstić information content (AvgIpc) is 3.16. The fraction of sp³-hybridized carbons (Fsp3) is 0.100. The van der Waals surface area contributed by atoms with E-state index >= 15 is 0 Å². The van der Waals surface area contributed by atoms with E-state index in [-0.39, 0.29) is 24.8 Å². The quantitative estimate of drug-likeness (QED) is 0.516. The van der Waals surface area contributed by atoms with Crippen molar-refractivity contribution in [3.63, 3.8) is 0 Å². The van der Waals surface area contributed by atoms with Crippen molar-refractivity contribution in [2.24, 2.45) is 0 Å². The predicted molar refractivity (Wildman–Crippen MR) is 112 cm³/mol. The summed E-state index contributed by atoms with van der Waals surface area (Å²) in [6, 6.07) is 14.6. The Balaban J connectivity index is 1.48. The van der Waals surface area contributed by atoms with E-state index in [1.54, 1.807) is 48.5 Å². The Hall–Kier alpha value is -2.67. The molecule has 0 aliphatic heterocycles. The van der Waals surface area contributed by atoms with Gasteiger partial charge in [0, 0.05) is 15.7 Å². The van der Waals surface area contributed by atoms with Crippen LogP contribution in [0.25, 0.3) is 0 Å². The molecule has 2 N–H and O–H groups in total. The minimum atomic E-state index is -0.521. The van der Waals surface area contributed by atoms with Crippen LogP contribution in [0.1, 0.15) is 16.3 Å². The molecule has 1 aromatic heterocycles. The molecule has 2 amide bonds. The molecule has 0 aliphatic carbocycles. The summed E-state index contributed by atoms with van der Waals surface area (Å²) in [6.07, 6.45) is 0. The number of ether oxygens (including phenoxy) is 1. The summed E-state index contributed by atoms with van der Waals surface area (Å²) in [5, 5.41) is 6.56. The molecule has 29 heavy (non-hydrogen) atoms. The van der Waals surface area contributed by atoms with Gasteiger partial charge in [-0.2, -0.15) is 0 Å². The Morgan fingerprint density at radius 3 is 2.38 bits per heavy atom. The molecule has 0 saturated heterocycles. The number of anilines is 1. The highest BCUT2D eigenvalue weighted by Crippen LogP contribution is 2.28. The minimum Gasteiger partial charge on any atom is -0.484 e.